The predicted octanol–water partition coefficient (Wildman–Crippen LogP) is 4.77. The van der Waals surface area contributed by atoms with E-state index in [0.717, 1.165) is 36.2 Å². The number of benzene rings is 2. The molecule has 0 bridgehead atoms. The Morgan fingerprint density at radius 2 is 1.62 bits per heavy atom. The topological polar surface area (TPSA) is 63.7 Å². The van der Waals surface area contributed by atoms with E-state index in [4.69, 9.17) is 4.18 Å². The van der Waals surface area contributed by atoms with Crippen LogP contribution in [0.25, 0.3) is 0 Å². The molecule has 158 valence electrons. The van der Waals surface area contributed by atoms with Crippen LogP contribution in [0.5, 0.6) is 5.75 Å². The summed E-state index contributed by atoms with van der Waals surface area (Å²) >= 11 is 0. The van der Waals surface area contributed by atoms with E-state index in [1.807, 2.05) is 39.5 Å². The van der Waals surface area contributed by atoms with E-state index in [0.29, 0.717) is 6.54 Å². The zero-order valence-corrected chi connectivity index (χ0v) is 18.3. The highest BCUT2D eigenvalue weighted by atomic mass is 32.2. The van der Waals surface area contributed by atoms with Crippen molar-refractivity contribution in [2.45, 2.75) is 58.5 Å². The van der Waals surface area contributed by atoms with Gasteiger partial charge < -0.3 is 9.08 Å². The fourth-order valence-corrected chi connectivity index (χ4v) is 3.63. The van der Waals surface area contributed by atoms with Crippen molar-refractivity contribution in [3.8, 4) is 5.75 Å². The van der Waals surface area contributed by atoms with Crippen molar-refractivity contribution >= 4 is 16.0 Å². The molecular formula is C22H28FNO4S. The Morgan fingerprint density at radius 1 is 1.07 bits per heavy atom. The number of rotatable bonds is 7. The first-order valence-corrected chi connectivity index (χ1v) is 10.9. The van der Waals surface area contributed by atoms with Crippen molar-refractivity contribution in [1.29, 1.82) is 0 Å². The lowest BCUT2D eigenvalue weighted by atomic mass is 9.93. The second-order valence-electron chi connectivity index (χ2n) is 8.08. The molecule has 2 aromatic carbocycles. The summed E-state index contributed by atoms with van der Waals surface area (Å²) < 4.78 is 42.7. The third-order valence-electron chi connectivity index (χ3n) is 4.61. The highest BCUT2D eigenvalue weighted by molar-refractivity contribution is 7.87. The number of halogens is 1. The molecule has 0 fully saturated rings. The maximum Gasteiger partial charge on any atom is 0.339 e. The molecule has 7 heteroatoms. The summed E-state index contributed by atoms with van der Waals surface area (Å²) in [5.74, 6) is -0.314. The largest absolute Gasteiger partial charge is 0.379 e. The molecule has 1 amide bonds. The van der Waals surface area contributed by atoms with Crippen LogP contribution in [0, 0.1) is 11.2 Å². The first-order valence-electron chi connectivity index (χ1n) is 9.54. The fraction of sp³-hybridized carbons (Fsp3) is 0.409. The molecule has 0 saturated heterocycles. The van der Waals surface area contributed by atoms with Gasteiger partial charge in [-0.15, -0.1) is 0 Å². The number of amides is 1. The molecule has 1 atom stereocenters. The Morgan fingerprint density at radius 3 is 2.10 bits per heavy atom. The van der Waals surface area contributed by atoms with Crippen molar-refractivity contribution in [2.24, 2.45) is 5.41 Å². The number of carbonyl (C=O) groups excluding carboxylic acids is 1. The van der Waals surface area contributed by atoms with Gasteiger partial charge in [-0.2, -0.15) is 8.42 Å². The van der Waals surface area contributed by atoms with Gasteiger partial charge in [-0.25, -0.2) is 4.39 Å². The van der Waals surface area contributed by atoms with Crippen LogP contribution in [0.2, 0.25) is 0 Å². The average molecular weight is 422 g/mol. The van der Waals surface area contributed by atoms with Crippen molar-refractivity contribution in [1.82, 2.24) is 4.90 Å². The van der Waals surface area contributed by atoms with E-state index in [-0.39, 0.29) is 22.6 Å². The molecule has 2 aromatic rings. The smallest absolute Gasteiger partial charge is 0.339 e. The third-order valence-corrected chi connectivity index (χ3v) is 5.87. The summed E-state index contributed by atoms with van der Waals surface area (Å²) in [5, 5.41) is 0. The van der Waals surface area contributed by atoms with E-state index < -0.39 is 21.4 Å². The van der Waals surface area contributed by atoms with E-state index in [1.165, 1.54) is 0 Å². The molecule has 0 radical (unpaired) electrons. The minimum atomic E-state index is -4.05. The van der Waals surface area contributed by atoms with Crippen LogP contribution in [-0.2, 0) is 21.5 Å². The molecule has 0 aliphatic carbocycles. The number of hydrogen-bond acceptors (Lipinski definition) is 4. The van der Waals surface area contributed by atoms with Crippen LogP contribution in [0.3, 0.4) is 0 Å². The van der Waals surface area contributed by atoms with E-state index in [9.17, 15) is 17.6 Å². The Balaban J connectivity index is 2.16. The molecule has 0 unspecified atom stereocenters. The lowest BCUT2D eigenvalue weighted by Gasteiger charge is -2.34. The summed E-state index contributed by atoms with van der Waals surface area (Å²) in [6, 6.07) is 11.1. The molecule has 0 saturated carbocycles. The van der Waals surface area contributed by atoms with Gasteiger partial charge in [-0.05, 0) is 55.3 Å². The van der Waals surface area contributed by atoms with Crippen LogP contribution in [0.4, 0.5) is 4.39 Å². The van der Waals surface area contributed by atoms with Crippen molar-refractivity contribution in [3.05, 3.63) is 59.9 Å². The Kier molecular flexibility index (Phi) is 7.06. The van der Waals surface area contributed by atoms with Gasteiger partial charge in [0.05, 0.1) is 0 Å². The summed E-state index contributed by atoms with van der Waals surface area (Å²) in [6.07, 6.45) is 0.832. The van der Waals surface area contributed by atoms with Crippen molar-refractivity contribution < 1.29 is 21.8 Å². The van der Waals surface area contributed by atoms with Crippen molar-refractivity contribution in [2.75, 3.05) is 0 Å². The molecule has 0 N–H and O–H groups in total. The SMILES string of the molecule is CC[C@H](C)N(Cc1ccc(OS(=O)(=O)c2ccc(F)cc2)cc1)C(=O)C(C)(C)C. The second-order valence-corrected chi connectivity index (χ2v) is 9.62. The summed E-state index contributed by atoms with van der Waals surface area (Å²) in [5.41, 5.74) is 0.379. The third kappa shape index (κ3) is 6.03. The highest BCUT2D eigenvalue weighted by Gasteiger charge is 2.29. The Hall–Kier alpha value is -2.41. The summed E-state index contributed by atoms with van der Waals surface area (Å²) in [4.78, 5) is 14.5. The molecule has 29 heavy (non-hydrogen) atoms. The zero-order valence-electron chi connectivity index (χ0n) is 17.5. The van der Waals surface area contributed by atoms with Gasteiger partial charge in [0, 0.05) is 18.0 Å². The highest BCUT2D eigenvalue weighted by Crippen LogP contribution is 2.24. The molecule has 0 aliphatic heterocycles. The maximum absolute atomic E-state index is 13.0. The number of nitrogens with zero attached hydrogens (tertiary/aromatic N) is 1. The summed E-state index contributed by atoms with van der Waals surface area (Å²) in [6.45, 7) is 10.1. The van der Waals surface area contributed by atoms with Crippen LogP contribution < -0.4 is 4.18 Å². The molecule has 2 rings (SSSR count). The van der Waals surface area contributed by atoms with Gasteiger partial charge in [0.15, 0.2) is 0 Å². The lowest BCUT2D eigenvalue weighted by molar-refractivity contribution is -0.142. The minimum Gasteiger partial charge on any atom is -0.379 e. The van der Waals surface area contributed by atoms with Crippen LogP contribution in [0.15, 0.2) is 53.4 Å². The molecule has 0 aliphatic rings. The summed E-state index contributed by atoms with van der Waals surface area (Å²) in [7, 11) is -4.05. The monoisotopic (exact) mass is 421 g/mol. The van der Waals surface area contributed by atoms with E-state index in [1.54, 1.807) is 24.3 Å². The molecule has 0 spiro atoms. The number of hydrogen-bond donors (Lipinski definition) is 0. The maximum atomic E-state index is 13.0. The van der Waals surface area contributed by atoms with Crippen LogP contribution >= 0.6 is 0 Å². The quantitative estimate of drug-likeness (QED) is 0.604. The lowest BCUT2D eigenvalue weighted by Crippen LogP contribution is -2.44. The Bertz CT molecular complexity index is 932. The van der Waals surface area contributed by atoms with E-state index >= 15 is 0 Å². The van der Waals surface area contributed by atoms with E-state index in [2.05, 4.69) is 0 Å². The van der Waals surface area contributed by atoms with Crippen LogP contribution in [0.1, 0.15) is 46.6 Å². The zero-order chi connectivity index (χ0) is 21.8. The predicted molar refractivity (Wildman–Crippen MR) is 110 cm³/mol. The second kappa shape index (κ2) is 8.95. The molecular weight excluding hydrogens is 393 g/mol. The minimum absolute atomic E-state index is 0.0612. The first kappa shape index (κ1) is 22.9. The Labute approximate surface area is 172 Å². The fourth-order valence-electron chi connectivity index (χ4n) is 2.70. The van der Waals surface area contributed by atoms with Gasteiger partial charge in [-0.1, -0.05) is 39.8 Å². The van der Waals surface area contributed by atoms with Crippen LogP contribution in [-0.4, -0.2) is 25.3 Å². The van der Waals surface area contributed by atoms with Gasteiger partial charge in [0.1, 0.15) is 16.5 Å². The van der Waals surface area contributed by atoms with Gasteiger partial charge >= 0.3 is 10.1 Å². The van der Waals surface area contributed by atoms with Crippen molar-refractivity contribution in [3.63, 3.8) is 0 Å². The van der Waals surface area contributed by atoms with Gasteiger partial charge in [0.25, 0.3) is 0 Å². The number of carbonyl (C=O) groups is 1. The first-order chi connectivity index (χ1) is 13.4. The average Bonchev–Trinajstić information content (AvgIpc) is 2.65. The normalized spacial score (nSPS) is 13.0. The molecule has 0 heterocycles. The molecule has 0 aromatic heterocycles. The standard InChI is InChI=1S/C22H28FNO4S/c1-6-16(2)24(21(25)22(3,4)5)15-17-7-11-19(12-8-17)28-29(26,27)20-13-9-18(23)10-14-20/h7-14,16H,6,15H2,1-5H3/t16-/m0/s1. The van der Waals surface area contributed by atoms with Gasteiger partial charge in [-0.3, -0.25) is 4.79 Å². The van der Waals surface area contributed by atoms with Gasteiger partial charge in [0.2, 0.25) is 5.91 Å². The molecule has 5 nitrogen and oxygen atoms in total.